The van der Waals surface area contributed by atoms with Gasteiger partial charge in [0.1, 0.15) is 5.56 Å². The Labute approximate surface area is 122 Å². The lowest BCUT2D eigenvalue weighted by molar-refractivity contribution is 0.0601. The third kappa shape index (κ3) is 2.94. The van der Waals surface area contributed by atoms with E-state index >= 15 is 0 Å². The Balaban J connectivity index is 2.48. The minimum Gasteiger partial charge on any atom is -0.465 e. The minimum atomic E-state index is -0.527. The Morgan fingerprint density at radius 2 is 1.95 bits per heavy atom. The van der Waals surface area contributed by atoms with Gasteiger partial charge in [-0.1, -0.05) is 25.1 Å². The fourth-order valence-corrected chi connectivity index (χ4v) is 1.99. The first-order chi connectivity index (χ1) is 10.1. The van der Waals surface area contributed by atoms with Crippen molar-refractivity contribution in [2.45, 2.75) is 20.3 Å². The number of carbonyl (C=O) groups excluding carboxylic acids is 2. The van der Waals surface area contributed by atoms with Gasteiger partial charge in [-0.15, -0.1) is 5.10 Å². The molecule has 0 fully saturated rings. The zero-order valence-corrected chi connectivity index (χ0v) is 12.2. The van der Waals surface area contributed by atoms with Crippen LogP contribution in [0.2, 0.25) is 0 Å². The van der Waals surface area contributed by atoms with E-state index in [0.29, 0.717) is 17.9 Å². The number of ether oxygens (including phenoxy) is 1. The number of carbonyl (C=O) groups is 2. The number of rotatable bonds is 4. The maximum absolute atomic E-state index is 11.9. The van der Waals surface area contributed by atoms with Gasteiger partial charge in [0.15, 0.2) is 5.82 Å². The first kappa shape index (κ1) is 14.8. The number of nitrogens with zero attached hydrogens (tertiary/aromatic N) is 2. The summed E-state index contributed by atoms with van der Waals surface area (Å²) in [5, 5.41) is 7.24. The lowest BCUT2D eigenvalue weighted by Crippen LogP contribution is -2.13. The number of aromatic nitrogens is 2. The predicted octanol–water partition coefficient (Wildman–Crippen LogP) is 2.77. The third-order valence-corrected chi connectivity index (χ3v) is 3.08. The molecule has 1 aromatic carbocycles. The van der Waals surface area contributed by atoms with E-state index in [9.17, 15) is 9.59 Å². The largest absolute Gasteiger partial charge is 0.465 e. The highest BCUT2D eigenvalue weighted by atomic mass is 16.5. The molecule has 0 saturated heterocycles. The fraction of sp³-hybridized carbons (Fsp3) is 0.267. The number of hydrogen-bond donors (Lipinski definition) is 1. The molecule has 0 atom stereocenters. The second-order valence-corrected chi connectivity index (χ2v) is 4.45. The number of esters is 1. The number of benzene rings is 1. The van der Waals surface area contributed by atoms with E-state index in [1.165, 1.54) is 11.8 Å². The van der Waals surface area contributed by atoms with E-state index < -0.39 is 5.97 Å². The third-order valence-electron chi connectivity index (χ3n) is 3.08. The normalized spacial score (nSPS) is 10.2. The molecule has 1 aromatic heterocycles. The van der Waals surface area contributed by atoms with Crippen LogP contribution in [0.3, 0.4) is 0 Å². The molecule has 0 radical (unpaired) electrons. The minimum absolute atomic E-state index is 0.182. The molecule has 0 bridgehead atoms. The van der Waals surface area contributed by atoms with Crippen molar-refractivity contribution in [3.05, 3.63) is 41.6 Å². The number of para-hydroxylation sites is 1. The molecule has 6 nitrogen and oxygen atoms in total. The summed E-state index contributed by atoms with van der Waals surface area (Å²) in [4.78, 5) is 23.8. The molecule has 0 aliphatic carbocycles. The molecule has 21 heavy (non-hydrogen) atoms. The molecule has 0 amide bonds. The number of anilines is 2. The van der Waals surface area contributed by atoms with Crippen LogP contribution in [0.25, 0.3) is 0 Å². The molecule has 1 N–H and O–H groups in total. The molecule has 110 valence electrons. The Morgan fingerprint density at radius 3 is 2.52 bits per heavy atom. The van der Waals surface area contributed by atoms with Crippen molar-refractivity contribution >= 4 is 23.4 Å². The lowest BCUT2D eigenvalue weighted by atomic mass is 10.2. The van der Waals surface area contributed by atoms with Gasteiger partial charge in [-0.05, 0) is 19.1 Å². The second-order valence-electron chi connectivity index (χ2n) is 4.45. The monoisotopic (exact) mass is 287 g/mol. The average Bonchev–Trinajstić information content (AvgIpc) is 2.83. The summed E-state index contributed by atoms with van der Waals surface area (Å²) in [6, 6.07) is 9.30. The van der Waals surface area contributed by atoms with Crippen molar-refractivity contribution < 1.29 is 14.3 Å². The summed E-state index contributed by atoms with van der Waals surface area (Å²) >= 11 is 0. The maximum Gasteiger partial charge on any atom is 0.343 e. The van der Waals surface area contributed by atoms with Crippen molar-refractivity contribution in [1.82, 2.24) is 9.78 Å². The Bertz CT molecular complexity index is 662. The van der Waals surface area contributed by atoms with Crippen molar-refractivity contribution in [3.8, 4) is 0 Å². The summed E-state index contributed by atoms with van der Waals surface area (Å²) in [6.45, 7) is 3.41. The molecule has 0 saturated carbocycles. The maximum atomic E-state index is 11.9. The first-order valence-corrected chi connectivity index (χ1v) is 6.61. The summed E-state index contributed by atoms with van der Waals surface area (Å²) in [5.74, 6) is -0.396. The van der Waals surface area contributed by atoms with Gasteiger partial charge in [0.05, 0.1) is 12.8 Å². The lowest BCUT2D eigenvalue weighted by Gasteiger charge is -2.04. The van der Waals surface area contributed by atoms with E-state index in [0.717, 1.165) is 5.69 Å². The highest BCUT2D eigenvalue weighted by Gasteiger charge is 2.24. The van der Waals surface area contributed by atoms with Crippen LogP contribution in [0.4, 0.5) is 11.5 Å². The van der Waals surface area contributed by atoms with E-state index in [2.05, 4.69) is 10.4 Å². The molecule has 6 heteroatoms. The highest BCUT2D eigenvalue weighted by molar-refractivity contribution is 5.98. The summed E-state index contributed by atoms with van der Waals surface area (Å²) in [6.07, 6.45) is 0.300. The van der Waals surface area contributed by atoms with Crippen molar-refractivity contribution in [1.29, 1.82) is 0 Å². The van der Waals surface area contributed by atoms with Gasteiger partial charge in [-0.3, -0.25) is 4.79 Å². The standard InChI is InChI=1S/C15H17N3O3/c1-4-12(19)18-10(2)13(15(20)21-3)14(17-18)16-11-8-6-5-7-9-11/h5-9H,4H2,1-3H3,(H,16,17). The summed E-state index contributed by atoms with van der Waals surface area (Å²) in [7, 11) is 1.30. The molecule has 2 aromatic rings. The topological polar surface area (TPSA) is 73.2 Å². The van der Waals surface area contributed by atoms with Crippen LogP contribution in [0.1, 0.15) is 34.2 Å². The van der Waals surface area contributed by atoms with Gasteiger partial charge in [-0.2, -0.15) is 0 Å². The van der Waals surface area contributed by atoms with Crippen LogP contribution in [0.15, 0.2) is 30.3 Å². The van der Waals surface area contributed by atoms with E-state index in [1.807, 2.05) is 30.3 Å². The molecule has 0 spiro atoms. The van der Waals surface area contributed by atoms with Crippen molar-refractivity contribution in [2.75, 3.05) is 12.4 Å². The average molecular weight is 287 g/mol. The van der Waals surface area contributed by atoms with E-state index in [-0.39, 0.29) is 11.5 Å². The molecule has 1 heterocycles. The van der Waals surface area contributed by atoms with Crippen LogP contribution in [0.5, 0.6) is 0 Å². The van der Waals surface area contributed by atoms with Crippen molar-refractivity contribution in [2.24, 2.45) is 0 Å². The first-order valence-electron chi connectivity index (χ1n) is 6.61. The van der Waals surface area contributed by atoms with Crippen LogP contribution < -0.4 is 5.32 Å². The van der Waals surface area contributed by atoms with E-state index in [1.54, 1.807) is 13.8 Å². The van der Waals surface area contributed by atoms with Crippen molar-refractivity contribution in [3.63, 3.8) is 0 Å². The quantitative estimate of drug-likeness (QED) is 0.875. The molecule has 0 aliphatic rings. The Kier molecular flexibility index (Phi) is 4.37. The fourth-order valence-electron chi connectivity index (χ4n) is 1.99. The van der Waals surface area contributed by atoms with Gasteiger partial charge in [0.25, 0.3) is 0 Å². The molecular formula is C15H17N3O3. The van der Waals surface area contributed by atoms with Crippen LogP contribution in [-0.2, 0) is 4.74 Å². The highest BCUT2D eigenvalue weighted by Crippen LogP contribution is 2.23. The zero-order valence-electron chi connectivity index (χ0n) is 12.2. The smallest absolute Gasteiger partial charge is 0.343 e. The van der Waals surface area contributed by atoms with Crippen LogP contribution >= 0.6 is 0 Å². The number of hydrogen-bond acceptors (Lipinski definition) is 5. The summed E-state index contributed by atoms with van der Waals surface area (Å²) < 4.78 is 6.01. The molecule has 0 unspecified atom stereocenters. The SMILES string of the molecule is CCC(=O)n1nc(Nc2ccccc2)c(C(=O)OC)c1C. The van der Waals surface area contributed by atoms with Gasteiger partial charge in [-0.25, -0.2) is 9.48 Å². The molecule has 0 aliphatic heterocycles. The predicted molar refractivity (Wildman–Crippen MR) is 78.9 cm³/mol. The van der Waals surface area contributed by atoms with Gasteiger partial charge >= 0.3 is 5.97 Å². The zero-order chi connectivity index (χ0) is 15.4. The summed E-state index contributed by atoms with van der Waals surface area (Å²) in [5.41, 5.74) is 1.51. The number of nitrogens with one attached hydrogen (secondary N) is 1. The molecule has 2 rings (SSSR count). The Hall–Kier alpha value is -2.63. The van der Waals surface area contributed by atoms with Gasteiger partial charge < -0.3 is 10.1 Å². The molecular weight excluding hydrogens is 270 g/mol. The van der Waals surface area contributed by atoms with Crippen LogP contribution in [0, 0.1) is 6.92 Å². The Morgan fingerprint density at radius 1 is 1.29 bits per heavy atom. The van der Waals surface area contributed by atoms with Crippen LogP contribution in [-0.4, -0.2) is 28.8 Å². The second kappa shape index (κ2) is 6.21. The van der Waals surface area contributed by atoms with Gasteiger partial charge in [0, 0.05) is 12.1 Å². The van der Waals surface area contributed by atoms with Gasteiger partial charge in [0.2, 0.25) is 5.91 Å². The van der Waals surface area contributed by atoms with E-state index in [4.69, 9.17) is 4.74 Å². The number of methoxy groups -OCH3 is 1.